The number of carbonyl (C=O) groups is 2. The third kappa shape index (κ3) is 2.95. The molecular formula is C12H12N4O3. The number of ether oxygens (including phenoxy) is 1. The second-order valence-corrected chi connectivity index (χ2v) is 3.75. The fourth-order valence-electron chi connectivity index (χ4n) is 1.49. The zero-order valence-electron chi connectivity index (χ0n) is 10.5. The number of rotatable bonds is 3. The fraction of sp³-hybridized carbons (Fsp3) is 0.167. The topological polar surface area (TPSA) is 86.1 Å². The molecule has 0 saturated heterocycles. The first kappa shape index (κ1) is 12.7. The van der Waals surface area contributed by atoms with Gasteiger partial charge >= 0.3 is 5.97 Å². The Morgan fingerprint density at radius 1 is 1.37 bits per heavy atom. The maximum absolute atomic E-state index is 11.8. The Hall–Kier alpha value is -2.70. The van der Waals surface area contributed by atoms with Gasteiger partial charge in [-0.2, -0.15) is 9.90 Å². The van der Waals surface area contributed by atoms with E-state index in [2.05, 4.69) is 20.3 Å². The van der Waals surface area contributed by atoms with E-state index >= 15 is 0 Å². The van der Waals surface area contributed by atoms with Gasteiger partial charge in [-0.25, -0.2) is 4.79 Å². The van der Waals surface area contributed by atoms with E-state index in [4.69, 9.17) is 0 Å². The van der Waals surface area contributed by atoms with Crippen LogP contribution in [0.3, 0.4) is 0 Å². The standard InChI is InChI=1S/C12H12N4O3/c1-16-13-7-10(15-16)11(17)14-9-5-3-4-8(6-9)12(18)19-2/h3-7H,1-2H3,(H,14,17). The van der Waals surface area contributed by atoms with Crippen LogP contribution in [0.4, 0.5) is 5.69 Å². The summed E-state index contributed by atoms with van der Waals surface area (Å²) in [6.45, 7) is 0. The molecule has 1 aromatic carbocycles. The third-order valence-electron chi connectivity index (χ3n) is 2.37. The van der Waals surface area contributed by atoms with Crippen LogP contribution < -0.4 is 5.32 Å². The van der Waals surface area contributed by atoms with Crippen molar-refractivity contribution in [1.82, 2.24) is 15.0 Å². The highest BCUT2D eigenvalue weighted by Crippen LogP contribution is 2.12. The van der Waals surface area contributed by atoms with E-state index in [0.717, 1.165) is 0 Å². The smallest absolute Gasteiger partial charge is 0.337 e. The predicted octanol–water partition coefficient (Wildman–Crippen LogP) is 0.854. The van der Waals surface area contributed by atoms with Crippen LogP contribution in [0, 0.1) is 0 Å². The van der Waals surface area contributed by atoms with Gasteiger partial charge in [-0.05, 0) is 18.2 Å². The first-order valence-electron chi connectivity index (χ1n) is 5.46. The number of benzene rings is 1. The normalized spacial score (nSPS) is 10.0. The van der Waals surface area contributed by atoms with E-state index in [-0.39, 0.29) is 5.69 Å². The number of aromatic nitrogens is 3. The van der Waals surface area contributed by atoms with E-state index in [1.807, 2.05) is 0 Å². The largest absolute Gasteiger partial charge is 0.465 e. The molecule has 1 aromatic heterocycles. The number of hydrogen-bond donors (Lipinski definition) is 1. The number of hydrogen-bond acceptors (Lipinski definition) is 5. The predicted molar refractivity (Wildman–Crippen MR) is 66.7 cm³/mol. The second-order valence-electron chi connectivity index (χ2n) is 3.75. The average Bonchev–Trinajstić information content (AvgIpc) is 2.85. The quantitative estimate of drug-likeness (QED) is 0.827. The van der Waals surface area contributed by atoms with E-state index in [1.165, 1.54) is 24.2 Å². The van der Waals surface area contributed by atoms with Crippen LogP contribution in [-0.4, -0.2) is 34.0 Å². The average molecular weight is 260 g/mol. The second kappa shape index (κ2) is 5.30. The van der Waals surface area contributed by atoms with Crippen molar-refractivity contribution in [3.63, 3.8) is 0 Å². The molecule has 19 heavy (non-hydrogen) atoms. The molecular weight excluding hydrogens is 248 g/mol. The van der Waals surface area contributed by atoms with Gasteiger partial charge in [-0.1, -0.05) is 6.07 Å². The SMILES string of the molecule is COC(=O)c1cccc(NC(=O)c2cnn(C)n2)c1. The molecule has 1 heterocycles. The van der Waals surface area contributed by atoms with Crippen LogP contribution in [-0.2, 0) is 11.8 Å². The first-order valence-corrected chi connectivity index (χ1v) is 5.46. The Kier molecular flexibility index (Phi) is 3.56. The van der Waals surface area contributed by atoms with Crippen LogP contribution in [0.2, 0.25) is 0 Å². The van der Waals surface area contributed by atoms with Crippen molar-refractivity contribution in [2.24, 2.45) is 7.05 Å². The molecule has 1 N–H and O–H groups in total. The molecule has 98 valence electrons. The molecule has 7 heteroatoms. The van der Waals surface area contributed by atoms with Crippen molar-refractivity contribution < 1.29 is 14.3 Å². The molecule has 0 aliphatic rings. The summed E-state index contributed by atoms with van der Waals surface area (Å²) < 4.78 is 4.61. The maximum Gasteiger partial charge on any atom is 0.337 e. The molecule has 0 spiro atoms. The summed E-state index contributed by atoms with van der Waals surface area (Å²) in [5, 5.41) is 10.3. The molecule has 1 amide bonds. The molecule has 0 aliphatic carbocycles. The van der Waals surface area contributed by atoms with Crippen molar-refractivity contribution in [3.8, 4) is 0 Å². The van der Waals surface area contributed by atoms with Crippen molar-refractivity contribution in [1.29, 1.82) is 0 Å². The minimum absolute atomic E-state index is 0.200. The van der Waals surface area contributed by atoms with E-state index in [9.17, 15) is 9.59 Å². The van der Waals surface area contributed by atoms with Crippen molar-refractivity contribution in [2.45, 2.75) is 0 Å². The summed E-state index contributed by atoms with van der Waals surface area (Å²) >= 11 is 0. The Morgan fingerprint density at radius 3 is 2.79 bits per heavy atom. The van der Waals surface area contributed by atoms with Crippen LogP contribution in [0.15, 0.2) is 30.5 Å². The number of esters is 1. The highest BCUT2D eigenvalue weighted by Gasteiger charge is 2.11. The summed E-state index contributed by atoms with van der Waals surface area (Å²) in [5.41, 5.74) is 1.05. The van der Waals surface area contributed by atoms with Gasteiger partial charge in [0.25, 0.3) is 5.91 Å². The van der Waals surface area contributed by atoms with Crippen LogP contribution in [0.1, 0.15) is 20.8 Å². The summed E-state index contributed by atoms with van der Waals surface area (Å²) in [5.74, 6) is -0.856. The molecule has 0 atom stereocenters. The van der Waals surface area contributed by atoms with Gasteiger partial charge < -0.3 is 10.1 Å². The summed E-state index contributed by atoms with van der Waals surface area (Å²) in [6.07, 6.45) is 1.36. The number of carbonyl (C=O) groups excluding carboxylic acids is 2. The van der Waals surface area contributed by atoms with Crippen molar-refractivity contribution in [2.75, 3.05) is 12.4 Å². The molecule has 2 rings (SSSR count). The number of nitrogens with zero attached hydrogens (tertiary/aromatic N) is 3. The molecule has 7 nitrogen and oxygen atoms in total. The Labute approximate surface area is 109 Å². The lowest BCUT2D eigenvalue weighted by molar-refractivity contribution is 0.0600. The Bertz CT molecular complexity index is 621. The summed E-state index contributed by atoms with van der Waals surface area (Å²) in [4.78, 5) is 24.5. The minimum atomic E-state index is -0.462. The maximum atomic E-state index is 11.8. The van der Waals surface area contributed by atoms with E-state index in [0.29, 0.717) is 11.3 Å². The minimum Gasteiger partial charge on any atom is -0.465 e. The zero-order valence-corrected chi connectivity index (χ0v) is 10.5. The Morgan fingerprint density at radius 2 is 2.16 bits per heavy atom. The molecule has 0 saturated carbocycles. The number of aryl methyl sites for hydroxylation is 1. The summed E-state index contributed by atoms with van der Waals surface area (Å²) in [7, 11) is 2.92. The molecule has 0 fully saturated rings. The molecule has 0 aliphatic heterocycles. The van der Waals surface area contributed by atoms with Gasteiger partial charge in [-0.15, -0.1) is 5.10 Å². The zero-order chi connectivity index (χ0) is 13.8. The number of amides is 1. The number of methoxy groups -OCH3 is 1. The lowest BCUT2D eigenvalue weighted by atomic mass is 10.2. The molecule has 0 bridgehead atoms. The van der Waals surface area contributed by atoms with Gasteiger partial charge in [0, 0.05) is 12.7 Å². The highest BCUT2D eigenvalue weighted by atomic mass is 16.5. The van der Waals surface area contributed by atoms with Gasteiger partial charge in [-0.3, -0.25) is 4.79 Å². The molecule has 0 radical (unpaired) electrons. The van der Waals surface area contributed by atoms with Gasteiger partial charge in [0.1, 0.15) is 0 Å². The van der Waals surface area contributed by atoms with Crippen molar-refractivity contribution in [3.05, 3.63) is 41.7 Å². The highest BCUT2D eigenvalue weighted by molar-refractivity contribution is 6.03. The molecule has 2 aromatic rings. The number of anilines is 1. The number of nitrogens with one attached hydrogen (secondary N) is 1. The van der Waals surface area contributed by atoms with Gasteiger partial charge in [0.15, 0.2) is 5.69 Å². The molecule has 0 unspecified atom stereocenters. The Balaban J connectivity index is 2.15. The lowest BCUT2D eigenvalue weighted by Gasteiger charge is -2.04. The fourth-order valence-corrected chi connectivity index (χ4v) is 1.49. The van der Waals surface area contributed by atoms with E-state index < -0.39 is 11.9 Å². The van der Waals surface area contributed by atoms with E-state index in [1.54, 1.807) is 25.2 Å². The third-order valence-corrected chi connectivity index (χ3v) is 2.37. The van der Waals surface area contributed by atoms with Gasteiger partial charge in [0.2, 0.25) is 0 Å². The van der Waals surface area contributed by atoms with Crippen LogP contribution in [0.5, 0.6) is 0 Å². The lowest BCUT2D eigenvalue weighted by Crippen LogP contribution is -2.13. The van der Waals surface area contributed by atoms with Crippen LogP contribution >= 0.6 is 0 Å². The van der Waals surface area contributed by atoms with Crippen LogP contribution in [0.25, 0.3) is 0 Å². The van der Waals surface area contributed by atoms with Crippen molar-refractivity contribution >= 4 is 17.6 Å². The monoisotopic (exact) mass is 260 g/mol. The van der Waals surface area contributed by atoms with Gasteiger partial charge in [0.05, 0.1) is 18.9 Å². The summed E-state index contributed by atoms with van der Waals surface area (Å²) in [6, 6.07) is 6.45. The first-order chi connectivity index (χ1) is 9.10.